The molecule has 2 atom stereocenters. The van der Waals surface area contributed by atoms with Crippen molar-refractivity contribution in [1.29, 1.82) is 0 Å². The minimum absolute atomic E-state index is 0.0252. The number of piperazine rings is 1. The Morgan fingerprint density at radius 3 is 2.42 bits per heavy atom. The van der Waals surface area contributed by atoms with E-state index in [-0.39, 0.29) is 17.9 Å². The Morgan fingerprint density at radius 1 is 1.19 bits per heavy atom. The lowest BCUT2D eigenvalue weighted by molar-refractivity contribution is -0.135. The predicted molar refractivity (Wildman–Crippen MR) is 100.0 cm³/mol. The normalized spacial score (nSPS) is 23.9. The third kappa shape index (κ3) is 4.41. The number of hydrogen-bond donors (Lipinski definition) is 3. The summed E-state index contributed by atoms with van der Waals surface area (Å²) in [5.74, 6) is 0.0314. The third-order valence-corrected chi connectivity index (χ3v) is 5.20. The first-order valence-electron chi connectivity index (χ1n) is 9.22. The average Bonchev–Trinajstić information content (AvgIpc) is 3.05. The zero-order valence-electron chi connectivity index (χ0n) is 15.5. The number of nitrogens with zero attached hydrogens (tertiary/aromatic N) is 2. The molecule has 2 aliphatic rings. The van der Waals surface area contributed by atoms with E-state index in [4.69, 9.17) is 0 Å². The molecular formula is C19H28N4O3. The molecule has 3 rings (SSSR count). The molecule has 7 heteroatoms. The number of para-hydroxylation sites is 1. The standard InChI is InChI=1S/C19H28N4O3/c1-13-4-3-5-14(2)18(13)21-17(25)12-22-6-8-23(9-7-22)19(26)16-10-15(24)11-20-16/h3-5,15-16,20,24H,6-12H2,1-2H3,(H,21,25). The fraction of sp³-hybridized carbons (Fsp3) is 0.579. The van der Waals surface area contributed by atoms with Crippen molar-refractivity contribution in [2.75, 3.05) is 44.6 Å². The minimum Gasteiger partial charge on any atom is -0.392 e. The van der Waals surface area contributed by atoms with Gasteiger partial charge in [0, 0.05) is 38.4 Å². The molecule has 2 amide bonds. The van der Waals surface area contributed by atoms with Crippen LogP contribution in [0.2, 0.25) is 0 Å². The van der Waals surface area contributed by atoms with E-state index in [1.807, 2.05) is 36.9 Å². The van der Waals surface area contributed by atoms with Gasteiger partial charge < -0.3 is 20.6 Å². The highest BCUT2D eigenvalue weighted by Crippen LogP contribution is 2.19. The summed E-state index contributed by atoms with van der Waals surface area (Å²) >= 11 is 0. The number of anilines is 1. The molecule has 1 aromatic rings. The summed E-state index contributed by atoms with van der Waals surface area (Å²) in [6.45, 7) is 7.38. The van der Waals surface area contributed by atoms with Crippen LogP contribution in [0.5, 0.6) is 0 Å². The van der Waals surface area contributed by atoms with Crippen molar-refractivity contribution in [3.8, 4) is 0 Å². The van der Waals surface area contributed by atoms with Crippen molar-refractivity contribution in [3.63, 3.8) is 0 Å². The van der Waals surface area contributed by atoms with E-state index in [0.717, 1.165) is 16.8 Å². The highest BCUT2D eigenvalue weighted by molar-refractivity contribution is 5.93. The molecule has 2 fully saturated rings. The number of β-amino-alcohol motifs (C(OH)–C–C–N with tert-alkyl or cyclic N) is 1. The number of carbonyl (C=O) groups is 2. The van der Waals surface area contributed by atoms with Crippen LogP contribution >= 0.6 is 0 Å². The molecule has 0 aliphatic carbocycles. The van der Waals surface area contributed by atoms with E-state index in [1.165, 1.54) is 0 Å². The van der Waals surface area contributed by atoms with Gasteiger partial charge in [0.2, 0.25) is 11.8 Å². The summed E-state index contributed by atoms with van der Waals surface area (Å²) in [4.78, 5) is 28.7. The Hall–Kier alpha value is -1.96. The number of benzene rings is 1. The maximum absolute atomic E-state index is 12.4. The van der Waals surface area contributed by atoms with Crippen molar-refractivity contribution in [3.05, 3.63) is 29.3 Å². The number of carbonyl (C=O) groups excluding carboxylic acids is 2. The second-order valence-electron chi connectivity index (χ2n) is 7.27. The van der Waals surface area contributed by atoms with Gasteiger partial charge in [0.1, 0.15) is 0 Å². The molecule has 2 unspecified atom stereocenters. The first kappa shape index (κ1) is 18.8. The first-order valence-corrected chi connectivity index (χ1v) is 9.22. The quantitative estimate of drug-likeness (QED) is 0.710. The largest absolute Gasteiger partial charge is 0.392 e. The zero-order chi connectivity index (χ0) is 18.7. The summed E-state index contributed by atoms with van der Waals surface area (Å²) in [6.07, 6.45) is 0.0517. The Morgan fingerprint density at radius 2 is 1.85 bits per heavy atom. The maximum atomic E-state index is 12.4. The van der Waals surface area contributed by atoms with E-state index in [9.17, 15) is 14.7 Å². The molecular weight excluding hydrogens is 332 g/mol. The van der Waals surface area contributed by atoms with Gasteiger partial charge in [0.05, 0.1) is 18.7 Å². The molecule has 26 heavy (non-hydrogen) atoms. The highest BCUT2D eigenvalue weighted by Gasteiger charge is 2.32. The van der Waals surface area contributed by atoms with E-state index >= 15 is 0 Å². The van der Waals surface area contributed by atoms with Gasteiger partial charge in [0.15, 0.2) is 0 Å². The number of aliphatic hydroxyl groups excluding tert-OH is 1. The number of aryl methyl sites for hydroxylation is 2. The van der Waals surface area contributed by atoms with Crippen molar-refractivity contribution in [2.45, 2.75) is 32.4 Å². The smallest absolute Gasteiger partial charge is 0.239 e. The molecule has 0 spiro atoms. The number of amides is 2. The number of hydrogen-bond acceptors (Lipinski definition) is 5. The second-order valence-corrected chi connectivity index (χ2v) is 7.27. The molecule has 0 radical (unpaired) electrons. The topological polar surface area (TPSA) is 84.9 Å². The predicted octanol–water partition coefficient (Wildman–Crippen LogP) is 0.109. The lowest BCUT2D eigenvalue weighted by Gasteiger charge is -2.35. The van der Waals surface area contributed by atoms with E-state index in [0.29, 0.717) is 45.7 Å². The molecule has 2 heterocycles. The Kier molecular flexibility index (Phi) is 5.90. The maximum Gasteiger partial charge on any atom is 0.239 e. The van der Waals surface area contributed by atoms with Crippen LogP contribution in [0.1, 0.15) is 17.5 Å². The monoisotopic (exact) mass is 360 g/mol. The van der Waals surface area contributed by atoms with Gasteiger partial charge in [-0.05, 0) is 31.4 Å². The van der Waals surface area contributed by atoms with Crippen LogP contribution in [-0.2, 0) is 9.59 Å². The summed E-state index contributed by atoms with van der Waals surface area (Å²) in [7, 11) is 0. The molecule has 0 aromatic heterocycles. The first-order chi connectivity index (χ1) is 12.4. The van der Waals surface area contributed by atoms with E-state index < -0.39 is 6.10 Å². The van der Waals surface area contributed by atoms with E-state index in [2.05, 4.69) is 15.5 Å². The Balaban J connectivity index is 1.46. The molecule has 0 bridgehead atoms. The molecule has 142 valence electrons. The molecule has 1 aromatic carbocycles. The van der Waals surface area contributed by atoms with Gasteiger partial charge in [-0.2, -0.15) is 0 Å². The van der Waals surface area contributed by atoms with Gasteiger partial charge >= 0.3 is 0 Å². The molecule has 0 saturated carbocycles. The lowest BCUT2D eigenvalue weighted by atomic mass is 10.1. The molecule has 3 N–H and O–H groups in total. The zero-order valence-corrected chi connectivity index (χ0v) is 15.5. The second kappa shape index (κ2) is 8.16. The van der Waals surface area contributed by atoms with Crippen LogP contribution in [0, 0.1) is 13.8 Å². The fourth-order valence-corrected chi connectivity index (χ4v) is 3.65. The minimum atomic E-state index is -0.432. The van der Waals surface area contributed by atoms with Crippen molar-refractivity contribution in [2.24, 2.45) is 0 Å². The van der Waals surface area contributed by atoms with Crippen LogP contribution in [-0.4, -0.2) is 78.1 Å². The summed E-state index contributed by atoms with van der Waals surface area (Å²) in [5.41, 5.74) is 3.00. The Bertz CT molecular complexity index is 650. The summed E-state index contributed by atoms with van der Waals surface area (Å²) < 4.78 is 0. The third-order valence-electron chi connectivity index (χ3n) is 5.20. The molecule has 2 saturated heterocycles. The van der Waals surface area contributed by atoms with Gasteiger partial charge in [-0.3, -0.25) is 14.5 Å². The van der Waals surface area contributed by atoms with Gasteiger partial charge in [0.25, 0.3) is 0 Å². The average molecular weight is 360 g/mol. The number of nitrogens with one attached hydrogen (secondary N) is 2. The number of rotatable bonds is 4. The Labute approximate surface area is 154 Å². The highest BCUT2D eigenvalue weighted by atomic mass is 16.3. The lowest BCUT2D eigenvalue weighted by Crippen LogP contribution is -2.54. The number of aliphatic hydroxyl groups is 1. The van der Waals surface area contributed by atoms with Crippen molar-refractivity contribution < 1.29 is 14.7 Å². The van der Waals surface area contributed by atoms with Crippen molar-refractivity contribution in [1.82, 2.24) is 15.1 Å². The van der Waals surface area contributed by atoms with Crippen LogP contribution in [0.4, 0.5) is 5.69 Å². The van der Waals surface area contributed by atoms with Crippen LogP contribution in [0.25, 0.3) is 0 Å². The summed E-state index contributed by atoms with van der Waals surface area (Å²) in [6, 6.07) is 5.68. The van der Waals surface area contributed by atoms with Crippen molar-refractivity contribution >= 4 is 17.5 Å². The summed E-state index contributed by atoms with van der Waals surface area (Å²) in [5, 5.41) is 15.6. The van der Waals surface area contributed by atoms with Crippen LogP contribution in [0.15, 0.2) is 18.2 Å². The van der Waals surface area contributed by atoms with Crippen LogP contribution in [0.3, 0.4) is 0 Å². The van der Waals surface area contributed by atoms with Crippen LogP contribution < -0.4 is 10.6 Å². The van der Waals surface area contributed by atoms with Gasteiger partial charge in [-0.1, -0.05) is 18.2 Å². The fourth-order valence-electron chi connectivity index (χ4n) is 3.65. The van der Waals surface area contributed by atoms with Gasteiger partial charge in [-0.25, -0.2) is 0 Å². The van der Waals surface area contributed by atoms with E-state index in [1.54, 1.807) is 0 Å². The molecule has 7 nitrogen and oxygen atoms in total. The van der Waals surface area contributed by atoms with Gasteiger partial charge in [-0.15, -0.1) is 0 Å². The molecule has 2 aliphatic heterocycles. The SMILES string of the molecule is Cc1cccc(C)c1NC(=O)CN1CCN(C(=O)C2CC(O)CN2)CC1.